The van der Waals surface area contributed by atoms with E-state index in [1.165, 1.54) is 16.0 Å². The predicted molar refractivity (Wildman–Crippen MR) is 121 cm³/mol. The molecule has 1 fully saturated rings. The van der Waals surface area contributed by atoms with Crippen LogP contribution in [0.25, 0.3) is 16.5 Å². The lowest BCUT2D eigenvalue weighted by atomic mass is 9.89. The summed E-state index contributed by atoms with van der Waals surface area (Å²) in [5.74, 6) is -0.716. The number of rotatable bonds is 5. The molecule has 0 bridgehead atoms. The first-order valence-corrected chi connectivity index (χ1v) is 11.5. The Hall–Kier alpha value is -3.00. The van der Waals surface area contributed by atoms with Crippen molar-refractivity contribution in [1.82, 2.24) is 9.78 Å². The van der Waals surface area contributed by atoms with Gasteiger partial charge >= 0.3 is 5.97 Å². The maximum atomic E-state index is 13.4. The molecule has 162 valence electrons. The van der Waals surface area contributed by atoms with E-state index in [0.717, 1.165) is 37.7 Å². The monoisotopic (exact) mass is 439 g/mol. The van der Waals surface area contributed by atoms with Crippen LogP contribution in [-0.2, 0) is 9.53 Å². The van der Waals surface area contributed by atoms with Crippen LogP contribution in [0.4, 0.5) is 5.00 Å². The molecule has 0 unspecified atom stereocenters. The van der Waals surface area contributed by atoms with Gasteiger partial charge in [0.05, 0.1) is 17.7 Å². The number of anilines is 1. The number of ether oxygens (including phenoxy) is 1. The molecule has 2 aromatic heterocycles. The third-order valence-electron chi connectivity index (χ3n) is 5.61. The van der Waals surface area contributed by atoms with Crippen LogP contribution in [0.2, 0.25) is 0 Å². The van der Waals surface area contributed by atoms with Gasteiger partial charge in [-0.05, 0) is 38.8 Å². The molecule has 1 N–H and O–H groups in total. The van der Waals surface area contributed by atoms with Crippen LogP contribution in [0.5, 0.6) is 0 Å². The number of benzene rings is 1. The summed E-state index contributed by atoms with van der Waals surface area (Å²) in [6.45, 7) is 3.86. The van der Waals surface area contributed by atoms with Gasteiger partial charge in [-0.2, -0.15) is 9.78 Å². The summed E-state index contributed by atoms with van der Waals surface area (Å²) in [5.41, 5.74) is 1.26. The lowest BCUT2D eigenvalue weighted by Gasteiger charge is -2.20. The number of carbonyl (C=O) groups is 2. The minimum Gasteiger partial charge on any atom is -0.461 e. The molecule has 0 saturated heterocycles. The number of carbonyl (C=O) groups excluding carboxylic acids is 2. The Kier molecular flexibility index (Phi) is 6.18. The molecule has 3 aromatic rings. The fourth-order valence-electron chi connectivity index (χ4n) is 3.93. The molecule has 0 radical (unpaired) electrons. The van der Waals surface area contributed by atoms with Gasteiger partial charge < -0.3 is 10.1 Å². The topological polar surface area (TPSA) is 90.3 Å². The lowest BCUT2D eigenvalue weighted by Crippen LogP contribution is -2.27. The van der Waals surface area contributed by atoms with E-state index in [9.17, 15) is 14.4 Å². The molecule has 1 aliphatic rings. The van der Waals surface area contributed by atoms with Gasteiger partial charge in [0.25, 0.3) is 5.56 Å². The van der Waals surface area contributed by atoms with Crippen molar-refractivity contribution in [3.05, 3.63) is 51.3 Å². The molecule has 31 heavy (non-hydrogen) atoms. The maximum absolute atomic E-state index is 13.4. The van der Waals surface area contributed by atoms with E-state index in [2.05, 4.69) is 10.4 Å². The third-order valence-corrected chi connectivity index (χ3v) is 6.51. The largest absolute Gasteiger partial charge is 0.461 e. The third kappa shape index (κ3) is 4.25. The number of esters is 1. The van der Waals surface area contributed by atoms with E-state index in [4.69, 9.17) is 4.74 Å². The predicted octanol–water partition coefficient (Wildman–Crippen LogP) is 4.45. The Morgan fingerprint density at radius 1 is 1.19 bits per heavy atom. The van der Waals surface area contributed by atoms with Crippen molar-refractivity contribution < 1.29 is 14.3 Å². The van der Waals surface area contributed by atoms with Crippen molar-refractivity contribution in [2.45, 2.75) is 46.0 Å². The molecule has 0 aliphatic heterocycles. The number of amides is 1. The van der Waals surface area contributed by atoms with Crippen LogP contribution in [0.3, 0.4) is 0 Å². The van der Waals surface area contributed by atoms with Gasteiger partial charge in [-0.15, -0.1) is 11.3 Å². The number of nitrogens with one attached hydrogen (secondary N) is 1. The zero-order valence-electron chi connectivity index (χ0n) is 17.6. The highest BCUT2D eigenvalue weighted by Gasteiger charge is 2.26. The van der Waals surface area contributed by atoms with E-state index in [1.807, 2.05) is 19.1 Å². The number of hydrogen-bond donors (Lipinski definition) is 1. The molecular weight excluding hydrogens is 414 g/mol. The standard InChI is InChI=1S/C23H25N3O4S/c1-3-30-23(29)19-17-13-31-21(24-20(27)15-7-5-4-6-8-15)18(17)22(28)26(25-19)16-11-9-14(2)10-12-16/h9-13,15H,3-8H2,1-2H3,(H,24,27). The first kappa shape index (κ1) is 21.2. The van der Waals surface area contributed by atoms with Gasteiger partial charge in [-0.25, -0.2) is 4.79 Å². The van der Waals surface area contributed by atoms with Crippen LogP contribution in [0.1, 0.15) is 55.1 Å². The van der Waals surface area contributed by atoms with E-state index in [-0.39, 0.29) is 35.1 Å². The number of thiophene rings is 1. The first-order chi connectivity index (χ1) is 15.0. The summed E-state index contributed by atoms with van der Waals surface area (Å²) < 4.78 is 6.38. The highest BCUT2D eigenvalue weighted by Crippen LogP contribution is 2.32. The Morgan fingerprint density at radius 2 is 1.90 bits per heavy atom. The second kappa shape index (κ2) is 9.01. The molecule has 4 rings (SSSR count). The highest BCUT2D eigenvalue weighted by atomic mass is 32.1. The minimum absolute atomic E-state index is 0.0448. The van der Waals surface area contributed by atoms with Gasteiger partial charge in [0, 0.05) is 16.7 Å². The Labute approximate surface area is 184 Å². The molecular formula is C23H25N3O4S. The van der Waals surface area contributed by atoms with Gasteiger partial charge in [-0.3, -0.25) is 9.59 Å². The second-order valence-electron chi connectivity index (χ2n) is 7.80. The zero-order chi connectivity index (χ0) is 22.0. The number of hydrogen-bond acceptors (Lipinski definition) is 6. The van der Waals surface area contributed by atoms with Crippen molar-refractivity contribution in [3.8, 4) is 5.69 Å². The molecule has 7 nitrogen and oxygen atoms in total. The number of nitrogens with zero attached hydrogens (tertiary/aromatic N) is 2. The maximum Gasteiger partial charge on any atom is 0.359 e. The summed E-state index contributed by atoms with van der Waals surface area (Å²) in [6, 6.07) is 7.29. The Bertz CT molecular complexity index is 1170. The molecule has 1 aliphatic carbocycles. The quantitative estimate of drug-likeness (QED) is 0.593. The number of aryl methyl sites for hydroxylation is 1. The van der Waals surface area contributed by atoms with Crippen molar-refractivity contribution in [2.75, 3.05) is 11.9 Å². The van der Waals surface area contributed by atoms with Gasteiger partial charge in [0.2, 0.25) is 5.91 Å². The minimum atomic E-state index is -0.601. The SMILES string of the molecule is CCOC(=O)c1nn(-c2ccc(C)cc2)c(=O)c2c(NC(=O)C3CCCCC3)scc12. The van der Waals surface area contributed by atoms with Crippen LogP contribution in [-0.4, -0.2) is 28.3 Å². The molecule has 0 atom stereocenters. The Balaban J connectivity index is 1.83. The second-order valence-corrected chi connectivity index (χ2v) is 8.68. The molecule has 2 heterocycles. The van der Waals surface area contributed by atoms with E-state index >= 15 is 0 Å². The fourth-order valence-corrected chi connectivity index (χ4v) is 4.87. The van der Waals surface area contributed by atoms with Crippen molar-refractivity contribution >= 4 is 39.0 Å². The van der Waals surface area contributed by atoms with Gasteiger partial charge in [0.1, 0.15) is 5.00 Å². The van der Waals surface area contributed by atoms with Gasteiger partial charge in [0.15, 0.2) is 5.69 Å². The zero-order valence-corrected chi connectivity index (χ0v) is 18.5. The average Bonchev–Trinajstić information content (AvgIpc) is 3.19. The molecule has 8 heteroatoms. The summed E-state index contributed by atoms with van der Waals surface area (Å²) in [4.78, 5) is 38.8. The van der Waals surface area contributed by atoms with Crippen LogP contribution in [0.15, 0.2) is 34.4 Å². The van der Waals surface area contributed by atoms with Crippen molar-refractivity contribution in [1.29, 1.82) is 0 Å². The summed E-state index contributed by atoms with van der Waals surface area (Å²) >= 11 is 1.23. The summed E-state index contributed by atoms with van der Waals surface area (Å²) in [5, 5.41) is 10.1. The molecule has 1 aromatic carbocycles. The van der Waals surface area contributed by atoms with Crippen LogP contribution in [0, 0.1) is 12.8 Å². The highest BCUT2D eigenvalue weighted by molar-refractivity contribution is 7.16. The smallest absolute Gasteiger partial charge is 0.359 e. The van der Waals surface area contributed by atoms with Crippen molar-refractivity contribution in [2.24, 2.45) is 5.92 Å². The summed E-state index contributed by atoms with van der Waals surface area (Å²) in [6.07, 6.45) is 4.96. The number of aromatic nitrogens is 2. The van der Waals surface area contributed by atoms with E-state index in [1.54, 1.807) is 24.4 Å². The Morgan fingerprint density at radius 3 is 2.58 bits per heavy atom. The van der Waals surface area contributed by atoms with Crippen LogP contribution >= 0.6 is 11.3 Å². The first-order valence-electron chi connectivity index (χ1n) is 10.6. The average molecular weight is 440 g/mol. The molecule has 1 saturated carbocycles. The van der Waals surface area contributed by atoms with E-state index in [0.29, 0.717) is 16.1 Å². The molecule has 0 spiro atoms. The normalized spacial score (nSPS) is 14.5. The van der Waals surface area contributed by atoms with E-state index < -0.39 is 5.97 Å². The van der Waals surface area contributed by atoms with Crippen LogP contribution < -0.4 is 10.9 Å². The molecule has 1 amide bonds. The van der Waals surface area contributed by atoms with Crippen molar-refractivity contribution in [3.63, 3.8) is 0 Å². The summed E-state index contributed by atoms with van der Waals surface area (Å²) in [7, 11) is 0. The number of fused-ring (bicyclic) bond motifs is 1. The lowest BCUT2D eigenvalue weighted by molar-refractivity contribution is -0.120. The fraction of sp³-hybridized carbons (Fsp3) is 0.391. The van der Waals surface area contributed by atoms with Gasteiger partial charge in [-0.1, -0.05) is 37.0 Å².